The van der Waals surface area contributed by atoms with Gasteiger partial charge < -0.3 is 10.1 Å². The molecule has 0 aromatic rings. The summed E-state index contributed by atoms with van der Waals surface area (Å²) in [7, 11) is 0. The van der Waals surface area contributed by atoms with Gasteiger partial charge in [0.25, 0.3) is 0 Å². The van der Waals surface area contributed by atoms with Crippen molar-refractivity contribution in [2.75, 3.05) is 19.7 Å². The Morgan fingerprint density at radius 2 is 2.18 bits per heavy atom. The lowest BCUT2D eigenvalue weighted by atomic mass is 10.1. The quantitative estimate of drug-likeness (QED) is 0.618. The highest BCUT2D eigenvalue weighted by Gasteiger charge is 2.20. The van der Waals surface area contributed by atoms with E-state index in [2.05, 4.69) is 19.2 Å². The van der Waals surface area contributed by atoms with E-state index in [4.69, 9.17) is 4.74 Å². The number of halogens is 1. The summed E-state index contributed by atoms with van der Waals surface area (Å²) in [5.41, 5.74) is 0. The molecule has 1 rings (SSSR count). The zero-order valence-corrected chi connectivity index (χ0v) is 7.14. The van der Waals surface area contributed by atoms with Crippen LogP contribution in [0.5, 0.6) is 0 Å². The molecule has 0 amide bonds. The summed E-state index contributed by atoms with van der Waals surface area (Å²) in [6.45, 7) is 5.63. The van der Waals surface area contributed by atoms with Gasteiger partial charge in [-0.15, -0.1) is 0 Å². The van der Waals surface area contributed by atoms with Crippen LogP contribution in [0.4, 0.5) is 4.39 Å². The molecule has 1 aliphatic rings. The summed E-state index contributed by atoms with van der Waals surface area (Å²) in [6.07, 6.45) is -0.658. The predicted octanol–water partition coefficient (Wildman–Crippen LogP) is 0.969. The number of hydrogen-bond donors (Lipinski definition) is 1. The fraction of sp³-hybridized carbons (Fsp3) is 1.00. The van der Waals surface area contributed by atoms with Gasteiger partial charge in [-0.1, -0.05) is 13.8 Å². The van der Waals surface area contributed by atoms with Crippen LogP contribution >= 0.6 is 0 Å². The smallest absolute Gasteiger partial charge is 0.136 e. The number of alkyl halides is 1. The lowest BCUT2D eigenvalue weighted by molar-refractivity contribution is 0.0141. The highest BCUT2D eigenvalue weighted by molar-refractivity contribution is 4.72. The maximum Gasteiger partial charge on any atom is 0.136 e. The summed E-state index contributed by atoms with van der Waals surface area (Å²) in [5, 5.41) is 3.03. The second-order valence-electron chi connectivity index (χ2n) is 3.37. The average molecular weight is 161 g/mol. The molecule has 2 atom stereocenters. The number of ether oxygens (including phenoxy) is 1. The maximum absolute atomic E-state index is 12.7. The van der Waals surface area contributed by atoms with Crippen molar-refractivity contribution in [3.8, 4) is 0 Å². The Bertz CT molecular complexity index is 119. The van der Waals surface area contributed by atoms with Gasteiger partial charge >= 0.3 is 0 Å². The molecular formula is C8H16FNO. The van der Waals surface area contributed by atoms with Gasteiger partial charge in [0.2, 0.25) is 0 Å². The summed E-state index contributed by atoms with van der Waals surface area (Å²) in [5.74, 6) is 0.466. The third kappa shape index (κ3) is 2.75. The van der Waals surface area contributed by atoms with Crippen molar-refractivity contribution in [3.05, 3.63) is 0 Å². The van der Waals surface area contributed by atoms with Crippen LogP contribution in [-0.4, -0.2) is 32.0 Å². The van der Waals surface area contributed by atoms with Crippen LogP contribution in [0.2, 0.25) is 0 Å². The fourth-order valence-electron chi connectivity index (χ4n) is 1.16. The zero-order chi connectivity index (χ0) is 8.27. The average Bonchev–Trinajstić information content (AvgIpc) is 2.13. The minimum absolute atomic E-state index is 0.177. The Balaban J connectivity index is 2.34. The highest BCUT2D eigenvalue weighted by Crippen LogP contribution is 2.09. The molecule has 1 N–H and O–H groups in total. The Labute approximate surface area is 67.1 Å². The third-order valence-electron chi connectivity index (χ3n) is 1.95. The van der Waals surface area contributed by atoms with Crippen molar-refractivity contribution >= 4 is 0 Å². The van der Waals surface area contributed by atoms with Crippen molar-refractivity contribution in [3.63, 3.8) is 0 Å². The molecule has 0 saturated carbocycles. The molecule has 1 fully saturated rings. The van der Waals surface area contributed by atoms with E-state index in [0.717, 1.165) is 6.54 Å². The third-order valence-corrected chi connectivity index (χ3v) is 1.95. The van der Waals surface area contributed by atoms with E-state index in [-0.39, 0.29) is 12.7 Å². The van der Waals surface area contributed by atoms with Crippen LogP contribution in [0.15, 0.2) is 0 Å². The Kier molecular flexibility index (Phi) is 3.27. The lowest BCUT2D eigenvalue weighted by Crippen LogP contribution is -2.30. The summed E-state index contributed by atoms with van der Waals surface area (Å²) in [6, 6.07) is 0. The van der Waals surface area contributed by atoms with Crippen LogP contribution in [0.25, 0.3) is 0 Å². The van der Waals surface area contributed by atoms with Crippen LogP contribution in [-0.2, 0) is 4.74 Å². The van der Waals surface area contributed by atoms with Gasteiger partial charge in [-0.05, 0) is 5.92 Å². The lowest BCUT2D eigenvalue weighted by Gasteiger charge is -2.18. The van der Waals surface area contributed by atoms with E-state index in [9.17, 15) is 4.39 Å². The van der Waals surface area contributed by atoms with Gasteiger partial charge in [-0.25, -0.2) is 4.39 Å². The van der Waals surface area contributed by atoms with Crippen molar-refractivity contribution < 1.29 is 9.13 Å². The molecule has 1 saturated heterocycles. The van der Waals surface area contributed by atoms with E-state index in [1.807, 2.05) is 0 Å². The van der Waals surface area contributed by atoms with E-state index < -0.39 is 6.17 Å². The molecule has 1 heterocycles. The molecule has 0 aliphatic carbocycles. The standard InChI is InChI=1S/C8H16FNO/c1-6(2)8-4-10-3-7(9)5-11-8/h6-8,10H,3-5H2,1-2H3/t7-,8?/m0/s1. The number of hydrogen-bond acceptors (Lipinski definition) is 2. The summed E-state index contributed by atoms with van der Waals surface area (Å²) < 4.78 is 18.0. The first kappa shape index (κ1) is 8.94. The normalized spacial score (nSPS) is 33.8. The molecule has 3 heteroatoms. The molecular weight excluding hydrogens is 145 g/mol. The van der Waals surface area contributed by atoms with E-state index in [1.54, 1.807) is 0 Å². The van der Waals surface area contributed by atoms with Gasteiger partial charge in [0.15, 0.2) is 0 Å². The molecule has 66 valence electrons. The van der Waals surface area contributed by atoms with Gasteiger partial charge in [0.1, 0.15) is 6.17 Å². The SMILES string of the molecule is CC(C)C1CNC[C@H](F)CO1. The van der Waals surface area contributed by atoms with E-state index in [0.29, 0.717) is 12.5 Å². The Morgan fingerprint density at radius 3 is 2.82 bits per heavy atom. The first-order valence-electron chi connectivity index (χ1n) is 4.16. The second-order valence-corrected chi connectivity index (χ2v) is 3.37. The monoisotopic (exact) mass is 161 g/mol. The Morgan fingerprint density at radius 1 is 1.45 bits per heavy atom. The second kappa shape index (κ2) is 4.02. The van der Waals surface area contributed by atoms with E-state index >= 15 is 0 Å². The molecule has 1 aliphatic heterocycles. The van der Waals surface area contributed by atoms with Gasteiger partial charge in [-0.2, -0.15) is 0 Å². The minimum atomic E-state index is -0.834. The Hall–Kier alpha value is -0.150. The van der Waals surface area contributed by atoms with Gasteiger partial charge in [0, 0.05) is 13.1 Å². The first-order chi connectivity index (χ1) is 5.20. The fourth-order valence-corrected chi connectivity index (χ4v) is 1.16. The maximum atomic E-state index is 12.7. The van der Waals surface area contributed by atoms with Crippen molar-refractivity contribution in [1.29, 1.82) is 0 Å². The van der Waals surface area contributed by atoms with Crippen LogP contribution in [0, 0.1) is 5.92 Å². The van der Waals surface area contributed by atoms with Crippen LogP contribution in [0.3, 0.4) is 0 Å². The number of nitrogens with one attached hydrogen (secondary N) is 1. The van der Waals surface area contributed by atoms with Crippen LogP contribution < -0.4 is 5.32 Å². The predicted molar refractivity (Wildman–Crippen MR) is 42.3 cm³/mol. The topological polar surface area (TPSA) is 21.3 Å². The minimum Gasteiger partial charge on any atom is -0.374 e. The molecule has 1 unspecified atom stereocenters. The zero-order valence-electron chi connectivity index (χ0n) is 7.14. The van der Waals surface area contributed by atoms with Crippen molar-refractivity contribution in [1.82, 2.24) is 5.32 Å². The largest absolute Gasteiger partial charge is 0.374 e. The molecule has 0 spiro atoms. The van der Waals surface area contributed by atoms with Crippen molar-refractivity contribution in [2.45, 2.75) is 26.1 Å². The summed E-state index contributed by atoms with van der Waals surface area (Å²) in [4.78, 5) is 0. The molecule has 0 bridgehead atoms. The number of rotatable bonds is 1. The molecule has 11 heavy (non-hydrogen) atoms. The van der Waals surface area contributed by atoms with Gasteiger partial charge in [0.05, 0.1) is 12.7 Å². The molecule has 0 aromatic carbocycles. The summed E-state index contributed by atoms with van der Waals surface area (Å²) >= 11 is 0. The molecule has 0 aromatic heterocycles. The molecule has 0 radical (unpaired) electrons. The molecule has 2 nitrogen and oxygen atoms in total. The first-order valence-corrected chi connectivity index (χ1v) is 4.16. The van der Waals surface area contributed by atoms with Gasteiger partial charge in [-0.3, -0.25) is 0 Å². The van der Waals surface area contributed by atoms with E-state index in [1.165, 1.54) is 0 Å². The van der Waals surface area contributed by atoms with Crippen molar-refractivity contribution in [2.24, 2.45) is 5.92 Å². The van der Waals surface area contributed by atoms with Crippen LogP contribution in [0.1, 0.15) is 13.8 Å². The highest BCUT2D eigenvalue weighted by atomic mass is 19.1.